The topological polar surface area (TPSA) is 23.8 Å². The Bertz CT molecular complexity index is 887. The lowest BCUT2D eigenvalue weighted by molar-refractivity contribution is 0.0929. The molecule has 0 bridgehead atoms. The molecule has 2 aromatic heterocycles. The van der Waals surface area contributed by atoms with Crippen LogP contribution in [0.4, 0.5) is 0 Å². The molecular weight excluding hydrogens is 332 g/mol. The van der Waals surface area contributed by atoms with Gasteiger partial charge in [-0.1, -0.05) is 49.2 Å². The second kappa shape index (κ2) is 7.45. The van der Waals surface area contributed by atoms with Gasteiger partial charge in [0.1, 0.15) is 5.65 Å². The van der Waals surface area contributed by atoms with E-state index in [-0.39, 0.29) is 0 Å². The lowest BCUT2D eigenvalue weighted by Crippen LogP contribution is -2.49. The average Bonchev–Trinajstić information content (AvgIpc) is 3.38. The first-order chi connectivity index (χ1) is 13.4. The fourth-order valence-electron chi connectivity index (χ4n) is 4.79. The first kappa shape index (κ1) is 17.0. The Morgan fingerprint density at radius 1 is 0.852 bits per heavy atom. The predicted octanol–water partition coefficient (Wildman–Crippen LogP) is 4.06. The lowest BCUT2D eigenvalue weighted by Gasteiger charge is -2.38. The van der Waals surface area contributed by atoms with E-state index in [4.69, 9.17) is 4.98 Å². The third-order valence-corrected chi connectivity index (χ3v) is 6.30. The molecule has 5 rings (SSSR count). The molecule has 2 aliphatic rings. The minimum Gasteiger partial charge on any atom is -0.302 e. The smallest absolute Gasteiger partial charge is 0.137 e. The Morgan fingerprint density at radius 2 is 1.59 bits per heavy atom. The van der Waals surface area contributed by atoms with Crippen LogP contribution in [0.5, 0.6) is 0 Å². The number of benzene rings is 1. The molecule has 1 aliphatic carbocycles. The SMILES string of the molecule is c1ccc(-c2nc3ccccn3c2CN2CCN(C3CCCC3)CC2)cc1. The van der Waals surface area contributed by atoms with Gasteiger partial charge < -0.3 is 4.40 Å². The molecule has 4 nitrogen and oxygen atoms in total. The third kappa shape index (κ3) is 3.40. The number of hydrogen-bond acceptors (Lipinski definition) is 3. The summed E-state index contributed by atoms with van der Waals surface area (Å²) in [6, 6.07) is 17.7. The van der Waals surface area contributed by atoms with Crippen molar-refractivity contribution in [1.29, 1.82) is 0 Å². The maximum absolute atomic E-state index is 4.95. The summed E-state index contributed by atoms with van der Waals surface area (Å²) in [6.45, 7) is 5.70. The van der Waals surface area contributed by atoms with E-state index in [1.807, 2.05) is 0 Å². The van der Waals surface area contributed by atoms with Crippen molar-refractivity contribution >= 4 is 5.65 Å². The van der Waals surface area contributed by atoms with Crippen LogP contribution in [-0.4, -0.2) is 51.4 Å². The van der Waals surface area contributed by atoms with Gasteiger partial charge in [0.05, 0.1) is 11.4 Å². The minimum absolute atomic E-state index is 0.850. The molecule has 0 unspecified atom stereocenters. The van der Waals surface area contributed by atoms with Gasteiger partial charge in [0.2, 0.25) is 0 Å². The Morgan fingerprint density at radius 3 is 2.37 bits per heavy atom. The van der Waals surface area contributed by atoms with Crippen LogP contribution in [0.25, 0.3) is 16.9 Å². The van der Waals surface area contributed by atoms with Crippen LogP contribution in [0, 0.1) is 0 Å². The molecule has 27 heavy (non-hydrogen) atoms. The normalized spacial score (nSPS) is 19.9. The van der Waals surface area contributed by atoms with Gasteiger partial charge in [0.25, 0.3) is 0 Å². The Labute approximate surface area is 161 Å². The van der Waals surface area contributed by atoms with Gasteiger partial charge in [0.15, 0.2) is 0 Å². The Kier molecular flexibility index (Phi) is 4.68. The highest BCUT2D eigenvalue weighted by molar-refractivity contribution is 5.66. The monoisotopic (exact) mass is 360 g/mol. The van der Waals surface area contributed by atoms with Gasteiger partial charge in [-0.15, -0.1) is 0 Å². The number of rotatable bonds is 4. The standard InChI is InChI=1S/C23H28N4/c1-2-8-19(9-3-1)23-21(27-13-7-6-12-22(27)24-23)18-25-14-16-26(17-15-25)20-10-4-5-11-20/h1-3,6-9,12-13,20H,4-5,10-11,14-18H2. The van der Waals surface area contributed by atoms with Gasteiger partial charge in [-0.25, -0.2) is 4.98 Å². The molecule has 0 spiro atoms. The maximum atomic E-state index is 4.95. The van der Waals surface area contributed by atoms with E-state index in [2.05, 4.69) is 68.9 Å². The van der Waals surface area contributed by atoms with Crippen LogP contribution < -0.4 is 0 Å². The van der Waals surface area contributed by atoms with Gasteiger partial charge in [0, 0.05) is 50.5 Å². The molecule has 0 N–H and O–H groups in total. The summed E-state index contributed by atoms with van der Waals surface area (Å²) in [4.78, 5) is 10.3. The fraction of sp³-hybridized carbons (Fsp3) is 0.435. The minimum atomic E-state index is 0.850. The number of aromatic nitrogens is 2. The number of pyridine rings is 1. The molecule has 1 saturated carbocycles. The van der Waals surface area contributed by atoms with E-state index in [0.717, 1.165) is 37.0 Å². The van der Waals surface area contributed by atoms with E-state index >= 15 is 0 Å². The fourth-order valence-corrected chi connectivity index (χ4v) is 4.79. The summed E-state index contributed by atoms with van der Waals surface area (Å²) in [7, 11) is 0. The van der Waals surface area contributed by atoms with Crippen molar-refractivity contribution in [1.82, 2.24) is 19.2 Å². The number of imidazole rings is 1. The van der Waals surface area contributed by atoms with Crippen molar-refractivity contribution in [2.45, 2.75) is 38.3 Å². The molecule has 0 atom stereocenters. The maximum Gasteiger partial charge on any atom is 0.137 e. The summed E-state index contributed by atoms with van der Waals surface area (Å²) in [5.74, 6) is 0. The summed E-state index contributed by atoms with van der Waals surface area (Å²) >= 11 is 0. The van der Waals surface area contributed by atoms with E-state index in [9.17, 15) is 0 Å². The van der Waals surface area contributed by atoms with E-state index in [0.29, 0.717) is 0 Å². The van der Waals surface area contributed by atoms with Gasteiger partial charge in [-0.3, -0.25) is 9.80 Å². The van der Waals surface area contributed by atoms with E-state index in [1.165, 1.54) is 50.0 Å². The third-order valence-electron chi connectivity index (χ3n) is 6.30. The summed E-state index contributed by atoms with van der Waals surface area (Å²) < 4.78 is 2.27. The number of fused-ring (bicyclic) bond motifs is 1. The van der Waals surface area contributed by atoms with Crippen LogP contribution in [0.2, 0.25) is 0 Å². The molecule has 0 radical (unpaired) electrons. The Hall–Kier alpha value is -2.17. The molecule has 3 heterocycles. The zero-order valence-electron chi connectivity index (χ0n) is 15.9. The second-order valence-corrected chi connectivity index (χ2v) is 7.95. The van der Waals surface area contributed by atoms with Crippen LogP contribution in [0.3, 0.4) is 0 Å². The van der Waals surface area contributed by atoms with Crippen molar-refractivity contribution in [3.05, 3.63) is 60.4 Å². The van der Waals surface area contributed by atoms with Crippen molar-refractivity contribution in [3.8, 4) is 11.3 Å². The zero-order chi connectivity index (χ0) is 18.1. The van der Waals surface area contributed by atoms with Crippen LogP contribution >= 0.6 is 0 Å². The molecule has 0 amide bonds. The number of nitrogens with zero attached hydrogens (tertiary/aromatic N) is 4. The van der Waals surface area contributed by atoms with E-state index in [1.54, 1.807) is 0 Å². The highest BCUT2D eigenvalue weighted by Gasteiger charge is 2.27. The molecule has 3 aromatic rings. The van der Waals surface area contributed by atoms with Crippen molar-refractivity contribution in [2.75, 3.05) is 26.2 Å². The van der Waals surface area contributed by atoms with Crippen LogP contribution in [0.1, 0.15) is 31.4 Å². The first-order valence-corrected chi connectivity index (χ1v) is 10.4. The predicted molar refractivity (Wildman–Crippen MR) is 110 cm³/mol. The summed E-state index contributed by atoms with van der Waals surface area (Å²) in [6.07, 6.45) is 7.82. The molecule has 1 saturated heterocycles. The van der Waals surface area contributed by atoms with Gasteiger partial charge in [-0.2, -0.15) is 0 Å². The zero-order valence-corrected chi connectivity index (χ0v) is 15.9. The number of piperazine rings is 1. The molecule has 4 heteroatoms. The van der Waals surface area contributed by atoms with Crippen LogP contribution in [0.15, 0.2) is 54.7 Å². The van der Waals surface area contributed by atoms with Crippen molar-refractivity contribution in [3.63, 3.8) is 0 Å². The quantitative estimate of drug-likeness (QED) is 0.701. The Balaban J connectivity index is 1.38. The number of hydrogen-bond donors (Lipinski definition) is 0. The highest BCUT2D eigenvalue weighted by Crippen LogP contribution is 2.27. The van der Waals surface area contributed by atoms with Crippen molar-refractivity contribution < 1.29 is 0 Å². The molecule has 1 aliphatic heterocycles. The van der Waals surface area contributed by atoms with E-state index < -0.39 is 0 Å². The summed E-state index contributed by atoms with van der Waals surface area (Å²) in [5, 5.41) is 0. The summed E-state index contributed by atoms with van der Waals surface area (Å²) in [5.41, 5.74) is 4.68. The first-order valence-electron chi connectivity index (χ1n) is 10.4. The highest BCUT2D eigenvalue weighted by atomic mass is 15.3. The molecule has 1 aromatic carbocycles. The van der Waals surface area contributed by atoms with Crippen LogP contribution in [-0.2, 0) is 6.54 Å². The van der Waals surface area contributed by atoms with Crippen molar-refractivity contribution in [2.24, 2.45) is 0 Å². The largest absolute Gasteiger partial charge is 0.302 e. The molecule has 2 fully saturated rings. The molecule has 140 valence electrons. The second-order valence-electron chi connectivity index (χ2n) is 7.95. The lowest BCUT2D eigenvalue weighted by atomic mass is 10.1. The van der Waals surface area contributed by atoms with Gasteiger partial charge in [-0.05, 0) is 25.0 Å². The average molecular weight is 361 g/mol. The van der Waals surface area contributed by atoms with Gasteiger partial charge >= 0.3 is 0 Å². The molecular formula is C23H28N4.